The number of hydrogen-bond acceptors (Lipinski definition) is 1. The van der Waals surface area contributed by atoms with Gasteiger partial charge in [-0.2, -0.15) is 0 Å². The maximum atomic E-state index is 13.1. The summed E-state index contributed by atoms with van der Waals surface area (Å²) in [5.74, 6) is -0.114. The fourth-order valence-electron chi connectivity index (χ4n) is 2.27. The van der Waals surface area contributed by atoms with Crippen LogP contribution >= 0.6 is 0 Å². The highest BCUT2D eigenvalue weighted by Crippen LogP contribution is 2.31. The highest BCUT2D eigenvalue weighted by atomic mass is 19.1. The van der Waals surface area contributed by atoms with Gasteiger partial charge in [-0.3, -0.25) is 4.79 Å². The Bertz CT molecular complexity index is 416. The van der Waals surface area contributed by atoms with Gasteiger partial charge in [-0.25, -0.2) is 4.39 Å². The molecule has 1 aromatic carbocycles. The van der Waals surface area contributed by atoms with Crippen molar-refractivity contribution in [1.82, 2.24) is 0 Å². The lowest BCUT2D eigenvalue weighted by Crippen LogP contribution is -2.41. The molecule has 16 heavy (non-hydrogen) atoms. The van der Waals surface area contributed by atoms with Crippen LogP contribution in [-0.4, -0.2) is 11.9 Å². The van der Waals surface area contributed by atoms with Crippen LogP contribution in [0, 0.1) is 5.82 Å². The zero-order valence-electron chi connectivity index (χ0n) is 9.66. The molecule has 0 unspecified atom stereocenters. The lowest BCUT2D eigenvalue weighted by atomic mass is 9.96. The molecule has 2 nitrogen and oxygen atoms in total. The van der Waals surface area contributed by atoms with Gasteiger partial charge in [0.05, 0.1) is 0 Å². The van der Waals surface area contributed by atoms with Crippen molar-refractivity contribution in [3.8, 4) is 0 Å². The maximum absolute atomic E-state index is 13.1. The standard InChI is InChI=1S/C13H16FNO/c1-3-13(16)15-9(2)4-5-10-8-11(14)6-7-12(10)15/h6-9H,3-5H2,1-2H3/t9-/m1/s1. The number of carbonyl (C=O) groups is 1. The predicted molar refractivity (Wildman–Crippen MR) is 62.0 cm³/mol. The molecule has 0 aliphatic carbocycles. The lowest BCUT2D eigenvalue weighted by Gasteiger charge is -2.35. The van der Waals surface area contributed by atoms with E-state index in [2.05, 4.69) is 0 Å². The summed E-state index contributed by atoms with van der Waals surface area (Å²) in [7, 11) is 0. The van der Waals surface area contributed by atoms with Gasteiger partial charge in [0.2, 0.25) is 5.91 Å². The van der Waals surface area contributed by atoms with E-state index in [1.807, 2.05) is 13.8 Å². The Kier molecular flexibility index (Phi) is 2.95. The summed E-state index contributed by atoms with van der Waals surface area (Å²) in [6.45, 7) is 3.90. The molecule has 1 aliphatic heterocycles. The van der Waals surface area contributed by atoms with Crippen molar-refractivity contribution in [2.45, 2.75) is 39.2 Å². The van der Waals surface area contributed by atoms with E-state index in [4.69, 9.17) is 0 Å². The fraction of sp³-hybridized carbons (Fsp3) is 0.462. The first-order valence-electron chi connectivity index (χ1n) is 5.74. The molecule has 0 fully saturated rings. The van der Waals surface area contributed by atoms with Crippen molar-refractivity contribution in [1.29, 1.82) is 0 Å². The third-order valence-corrected chi connectivity index (χ3v) is 3.14. The molecule has 0 aromatic heterocycles. The Morgan fingerprint density at radius 1 is 1.56 bits per heavy atom. The van der Waals surface area contributed by atoms with Gasteiger partial charge in [0, 0.05) is 18.2 Å². The molecule has 1 atom stereocenters. The van der Waals surface area contributed by atoms with Gasteiger partial charge >= 0.3 is 0 Å². The van der Waals surface area contributed by atoms with Gasteiger partial charge in [-0.15, -0.1) is 0 Å². The van der Waals surface area contributed by atoms with Gasteiger partial charge < -0.3 is 4.90 Å². The molecule has 1 amide bonds. The van der Waals surface area contributed by atoms with E-state index >= 15 is 0 Å². The van der Waals surface area contributed by atoms with Crippen molar-refractivity contribution in [2.75, 3.05) is 4.90 Å². The monoisotopic (exact) mass is 221 g/mol. The van der Waals surface area contributed by atoms with Crippen molar-refractivity contribution in [2.24, 2.45) is 0 Å². The zero-order chi connectivity index (χ0) is 11.7. The van der Waals surface area contributed by atoms with Crippen LogP contribution in [0.1, 0.15) is 32.3 Å². The number of benzene rings is 1. The normalized spacial score (nSPS) is 19.4. The van der Waals surface area contributed by atoms with Crippen LogP contribution in [0.5, 0.6) is 0 Å². The highest BCUT2D eigenvalue weighted by Gasteiger charge is 2.27. The van der Waals surface area contributed by atoms with E-state index in [0.29, 0.717) is 6.42 Å². The number of aryl methyl sites for hydroxylation is 1. The Balaban J connectivity index is 2.44. The molecule has 0 saturated carbocycles. The number of anilines is 1. The van der Waals surface area contributed by atoms with E-state index in [-0.39, 0.29) is 17.8 Å². The number of rotatable bonds is 1. The van der Waals surface area contributed by atoms with Crippen LogP contribution < -0.4 is 4.90 Å². The molecule has 1 aliphatic rings. The van der Waals surface area contributed by atoms with Crippen LogP contribution in [0.25, 0.3) is 0 Å². The van der Waals surface area contributed by atoms with Crippen LogP contribution in [-0.2, 0) is 11.2 Å². The summed E-state index contributed by atoms with van der Waals surface area (Å²) in [5, 5.41) is 0. The van der Waals surface area contributed by atoms with Crippen molar-refractivity contribution >= 4 is 11.6 Å². The highest BCUT2D eigenvalue weighted by molar-refractivity contribution is 5.94. The molecule has 0 N–H and O–H groups in total. The maximum Gasteiger partial charge on any atom is 0.226 e. The van der Waals surface area contributed by atoms with Crippen molar-refractivity contribution < 1.29 is 9.18 Å². The number of amides is 1. The SMILES string of the molecule is CCC(=O)N1c2ccc(F)cc2CC[C@H]1C. The fourth-order valence-corrected chi connectivity index (χ4v) is 2.27. The first-order chi connectivity index (χ1) is 7.63. The second-order valence-electron chi connectivity index (χ2n) is 4.28. The summed E-state index contributed by atoms with van der Waals surface area (Å²) in [6, 6.07) is 4.89. The molecule has 0 spiro atoms. The Morgan fingerprint density at radius 3 is 3.00 bits per heavy atom. The number of fused-ring (bicyclic) bond motifs is 1. The lowest BCUT2D eigenvalue weighted by molar-refractivity contribution is -0.118. The summed E-state index contributed by atoms with van der Waals surface area (Å²) < 4.78 is 13.1. The van der Waals surface area contributed by atoms with Crippen LogP contribution in [0.3, 0.4) is 0 Å². The minimum absolute atomic E-state index is 0.111. The Labute approximate surface area is 95.1 Å². The topological polar surface area (TPSA) is 20.3 Å². The summed E-state index contributed by atoms with van der Waals surface area (Å²) >= 11 is 0. The zero-order valence-corrected chi connectivity index (χ0v) is 9.66. The summed E-state index contributed by atoms with van der Waals surface area (Å²) in [4.78, 5) is 13.7. The minimum atomic E-state index is -0.225. The molecule has 1 heterocycles. The average Bonchev–Trinajstić information content (AvgIpc) is 2.28. The number of nitrogens with zero attached hydrogens (tertiary/aromatic N) is 1. The number of hydrogen-bond donors (Lipinski definition) is 0. The molecule has 86 valence electrons. The van der Waals surface area contributed by atoms with Crippen molar-refractivity contribution in [3.63, 3.8) is 0 Å². The molecular formula is C13H16FNO. The van der Waals surface area contributed by atoms with Gasteiger partial charge in [0.15, 0.2) is 0 Å². The first kappa shape index (κ1) is 11.1. The van der Waals surface area contributed by atoms with Crippen LogP contribution in [0.15, 0.2) is 18.2 Å². The Morgan fingerprint density at radius 2 is 2.31 bits per heavy atom. The van der Waals surface area contributed by atoms with E-state index in [1.165, 1.54) is 12.1 Å². The van der Waals surface area contributed by atoms with Crippen molar-refractivity contribution in [3.05, 3.63) is 29.6 Å². The van der Waals surface area contributed by atoms with E-state index in [9.17, 15) is 9.18 Å². The third-order valence-electron chi connectivity index (χ3n) is 3.14. The minimum Gasteiger partial charge on any atom is -0.309 e. The first-order valence-corrected chi connectivity index (χ1v) is 5.74. The second-order valence-corrected chi connectivity index (χ2v) is 4.28. The molecular weight excluding hydrogens is 205 g/mol. The predicted octanol–water partition coefficient (Wildman–Crippen LogP) is 2.90. The molecule has 2 rings (SSSR count). The largest absolute Gasteiger partial charge is 0.309 e. The summed E-state index contributed by atoms with van der Waals surface area (Å²) in [6.07, 6.45) is 2.24. The van der Waals surface area contributed by atoms with Gasteiger partial charge in [-0.05, 0) is 43.5 Å². The van der Waals surface area contributed by atoms with E-state index < -0.39 is 0 Å². The van der Waals surface area contributed by atoms with E-state index in [0.717, 1.165) is 24.1 Å². The molecule has 0 bridgehead atoms. The quantitative estimate of drug-likeness (QED) is 0.714. The molecule has 0 radical (unpaired) electrons. The molecule has 3 heteroatoms. The smallest absolute Gasteiger partial charge is 0.226 e. The molecule has 0 saturated heterocycles. The van der Waals surface area contributed by atoms with Gasteiger partial charge in [0.1, 0.15) is 5.82 Å². The summed E-state index contributed by atoms with van der Waals surface area (Å²) in [5.41, 5.74) is 1.83. The molecule has 1 aromatic rings. The Hall–Kier alpha value is -1.38. The number of halogens is 1. The van der Waals surface area contributed by atoms with Gasteiger partial charge in [-0.1, -0.05) is 6.92 Å². The van der Waals surface area contributed by atoms with E-state index in [1.54, 1.807) is 11.0 Å². The van der Waals surface area contributed by atoms with Crippen LogP contribution in [0.2, 0.25) is 0 Å². The second kappa shape index (κ2) is 4.24. The number of carbonyl (C=O) groups excluding carboxylic acids is 1. The third kappa shape index (κ3) is 1.82. The average molecular weight is 221 g/mol. The van der Waals surface area contributed by atoms with Gasteiger partial charge in [0.25, 0.3) is 0 Å². The van der Waals surface area contributed by atoms with Crippen LogP contribution in [0.4, 0.5) is 10.1 Å².